The first kappa shape index (κ1) is 15.0. The van der Waals surface area contributed by atoms with Crippen LogP contribution in [0.5, 0.6) is 0 Å². The van der Waals surface area contributed by atoms with Crippen LogP contribution in [0, 0.1) is 11.6 Å². The fourth-order valence-electron chi connectivity index (χ4n) is 2.05. The van der Waals surface area contributed by atoms with Crippen molar-refractivity contribution in [3.8, 4) is 0 Å². The van der Waals surface area contributed by atoms with Crippen LogP contribution in [-0.4, -0.2) is 49.0 Å². The molecule has 1 aromatic rings. The number of nitrogens with zero attached hydrogens (tertiary/aromatic N) is 2. The molecule has 0 saturated heterocycles. The molecule has 1 aliphatic rings. The average molecular weight is 296 g/mol. The minimum Gasteiger partial charge on any atom is -0.468 e. The van der Waals surface area contributed by atoms with Crippen molar-refractivity contribution in [2.24, 2.45) is 0 Å². The summed E-state index contributed by atoms with van der Waals surface area (Å²) in [4.78, 5) is 25.6. The Morgan fingerprint density at radius 1 is 1.38 bits per heavy atom. The maximum absolute atomic E-state index is 13.8. The lowest BCUT2D eigenvalue weighted by atomic mass is 10.0. The Kier molecular flexibility index (Phi) is 4.21. The van der Waals surface area contributed by atoms with Gasteiger partial charge < -0.3 is 9.64 Å². The number of hydrogen-bond acceptors (Lipinski definition) is 3. The zero-order valence-electron chi connectivity index (χ0n) is 11.6. The Morgan fingerprint density at radius 3 is 2.76 bits per heavy atom. The fraction of sp³-hybridized carbons (Fsp3) is 0.286. The van der Waals surface area contributed by atoms with E-state index in [-0.39, 0.29) is 18.7 Å². The molecule has 21 heavy (non-hydrogen) atoms. The molecular weight excluding hydrogens is 282 g/mol. The second kappa shape index (κ2) is 5.90. The summed E-state index contributed by atoms with van der Waals surface area (Å²) in [5.41, 5.74) is 0.460. The van der Waals surface area contributed by atoms with Crippen LogP contribution in [0.4, 0.5) is 13.6 Å². The standard InChI is InChI=1S/C14H14F2N2O3/c1-17-6-9(10-4-3-5-11(15)13(10)16)7-18(14(17)20)8-12(19)21-2/h3-5,7H,6,8H2,1-2H3. The van der Waals surface area contributed by atoms with Crippen LogP contribution in [0.25, 0.3) is 5.57 Å². The second-order valence-electron chi connectivity index (χ2n) is 4.60. The Morgan fingerprint density at radius 2 is 2.10 bits per heavy atom. The topological polar surface area (TPSA) is 49.9 Å². The molecule has 0 radical (unpaired) electrons. The maximum Gasteiger partial charge on any atom is 0.325 e. The van der Waals surface area contributed by atoms with Crippen molar-refractivity contribution in [1.82, 2.24) is 9.80 Å². The molecule has 2 amide bonds. The van der Waals surface area contributed by atoms with E-state index in [1.165, 1.54) is 37.4 Å². The van der Waals surface area contributed by atoms with E-state index < -0.39 is 23.6 Å². The van der Waals surface area contributed by atoms with Crippen LogP contribution in [0.15, 0.2) is 24.4 Å². The smallest absolute Gasteiger partial charge is 0.325 e. The molecule has 7 heteroatoms. The minimum absolute atomic E-state index is 0.0595. The Bertz CT molecular complexity index is 616. The number of likely N-dealkylation sites (N-methyl/N-ethyl adjacent to an activating group) is 1. The van der Waals surface area contributed by atoms with E-state index in [2.05, 4.69) is 4.74 Å². The number of benzene rings is 1. The Labute approximate surface area is 120 Å². The number of rotatable bonds is 3. The fourth-order valence-corrected chi connectivity index (χ4v) is 2.05. The molecule has 0 bridgehead atoms. The molecule has 0 aromatic heterocycles. The van der Waals surface area contributed by atoms with E-state index in [1.807, 2.05) is 0 Å². The molecule has 1 aliphatic heterocycles. The predicted molar refractivity (Wildman–Crippen MR) is 71.1 cm³/mol. The lowest BCUT2D eigenvalue weighted by Gasteiger charge is -2.31. The molecule has 5 nitrogen and oxygen atoms in total. The molecule has 1 heterocycles. The van der Waals surface area contributed by atoms with Gasteiger partial charge in [0, 0.05) is 25.4 Å². The molecule has 0 N–H and O–H groups in total. The molecule has 2 rings (SSSR count). The highest BCUT2D eigenvalue weighted by Gasteiger charge is 2.27. The van der Waals surface area contributed by atoms with E-state index in [1.54, 1.807) is 0 Å². The summed E-state index contributed by atoms with van der Waals surface area (Å²) in [5, 5.41) is 0. The van der Waals surface area contributed by atoms with Gasteiger partial charge in [-0.3, -0.25) is 9.69 Å². The zero-order chi connectivity index (χ0) is 15.6. The summed E-state index contributed by atoms with van der Waals surface area (Å²) in [6.45, 7) is -0.170. The van der Waals surface area contributed by atoms with Crippen LogP contribution in [0.3, 0.4) is 0 Å². The highest BCUT2D eigenvalue weighted by atomic mass is 19.2. The number of amides is 2. The third-order valence-corrected chi connectivity index (χ3v) is 3.12. The summed E-state index contributed by atoms with van der Waals surface area (Å²) in [5.74, 6) is -2.55. The largest absolute Gasteiger partial charge is 0.468 e. The minimum atomic E-state index is -0.982. The first-order valence-electron chi connectivity index (χ1n) is 6.17. The molecule has 0 unspecified atom stereocenters. The molecular formula is C14H14F2N2O3. The monoisotopic (exact) mass is 296 g/mol. The molecule has 1 aromatic carbocycles. The van der Waals surface area contributed by atoms with E-state index >= 15 is 0 Å². The zero-order valence-corrected chi connectivity index (χ0v) is 11.6. The molecule has 0 spiro atoms. The van der Waals surface area contributed by atoms with Gasteiger partial charge in [-0.2, -0.15) is 0 Å². The van der Waals surface area contributed by atoms with Crippen molar-refractivity contribution in [3.05, 3.63) is 41.6 Å². The highest BCUT2D eigenvalue weighted by Crippen LogP contribution is 2.25. The van der Waals surface area contributed by atoms with Gasteiger partial charge in [0.2, 0.25) is 0 Å². The summed E-state index contributed by atoms with van der Waals surface area (Å²) in [6.07, 6.45) is 1.34. The van der Waals surface area contributed by atoms with Gasteiger partial charge in [0.1, 0.15) is 6.54 Å². The summed E-state index contributed by atoms with van der Waals surface area (Å²) in [7, 11) is 2.72. The van der Waals surface area contributed by atoms with Gasteiger partial charge in [-0.1, -0.05) is 12.1 Å². The van der Waals surface area contributed by atoms with E-state index in [4.69, 9.17) is 0 Å². The SMILES string of the molecule is COC(=O)CN1C=C(c2cccc(F)c2F)CN(C)C1=O. The van der Waals surface area contributed by atoms with Gasteiger partial charge in [-0.15, -0.1) is 0 Å². The van der Waals surface area contributed by atoms with Crippen molar-refractivity contribution in [2.45, 2.75) is 0 Å². The molecule has 0 atom stereocenters. The first-order valence-corrected chi connectivity index (χ1v) is 6.17. The van der Waals surface area contributed by atoms with Crippen LogP contribution in [-0.2, 0) is 9.53 Å². The molecule has 112 valence electrons. The predicted octanol–water partition coefficient (Wildman–Crippen LogP) is 1.85. The summed E-state index contributed by atoms with van der Waals surface area (Å²) in [6, 6.07) is 3.41. The summed E-state index contributed by atoms with van der Waals surface area (Å²) < 4.78 is 31.6. The van der Waals surface area contributed by atoms with Crippen LogP contribution >= 0.6 is 0 Å². The van der Waals surface area contributed by atoms with Gasteiger partial charge in [-0.25, -0.2) is 13.6 Å². The van der Waals surface area contributed by atoms with E-state index in [9.17, 15) is 18.4 Å². The van der Waals surface area contributed by atoms with Crippen molar-refractivity contribution in [3.63, 3.8) is 0 Å². The third kappa shape index (κ3) is 3.01. The van der Waals surface area contributed by atoms with Crippen LogP contribution in [0.2, 0.25) is 0 Å². The van der Waals surface area contributed by atoms with Crippen LogP contribution < -0.4 is 0 Å². The van der Waals surface area contributed by atoms with Gasteiger partial charge in [0.25, 0.3) is 0 Å². The maximum atomic E-state index is 13.8. The quantitative estimate of drug-likeness (QED) is 0.800. The van der Waals surface area contributed by atoms with Crippen molar-refractivity contribution in [2.75, 3.05) is 27.2 Å². The lowest BCUT2D eigenvalue weighted by molar-refractivity contribution is -0.140. The first-order chi connectivity index (χ1) is 9.93. The van der Waals surface area contributed by atoms with Crippen molar-refractivity contribution >= 4 is 17.6 Å². The number of halogens is 2. The molecule has 0 saturated carbocycles. The number of methoxy groups -OCH3 is 1. The highest BCUT2D eigenvalue weighted by molar-refractivity contribution is 5.87. The molecule has 0 aliphatic carbocycles. The van der Waals surface area contributed by atoms with Gasteiger partial charge in [0.05, 0.1) is 7.11 Å². The number of esters is 1. The van der Waals surface area contributed by atoms with E-state index in [0.717, 1.165) is 11.0 Å². The number of carbonyl (C=O) groups is 2. The number of carbonyl (C=O) groups excluding carboxylic acids is 2. The second-order valence-corrected chi connectivity index (χ2v) is 4.60. The van der Waals surface area contributed by atoms with Gasteiger partial charge in [-0.05, 0) is 11.6 Å². The Balaban J connectivity index is 2.38. The van der Waals surface area contributed by atoms with E-state index in [0.29, 0.717) is 5.57 Å². The third-order valence-electron chi connectivity index (χ3n) is 3.12. The van der Waals surface area contributed by atoms with Crippen molar-refractivity contribution < 1.29 is 23.1 Å². The normalized spacial score (nSPS) is 15.0. The number of ether oxygens (including phenoxy) is 1. The molecule has 0 fully saturated rings. The average Bonchev–Trinajstić information content (AvgIpc) is 2.46. The Hall–Kier alpha value is -2.44. The number of urea groups is 1. The van der Waals surface area contributed by atoms with Gasteiger partial charge in [0.15, 0.2) is 11.6 Å². The van der Waals surface area contributed by atoms with Gasteiger partial charge >= 0.3 is 12.0 Å². The lowest BCUT2D eigenvalue weighted by Crippen LogP contribution is -2.45. The summed E-state index contributed by atoms with van der Waals surface area (Å²) >= 11 is 0. The number of hydrogen-bond donors (Lipinski definition) is 0. The van der Waals surface area contributed by atoms with Crippen LogP contribution in [0.1, 0.15) is 5.56 Å². The van der Waals surface area contributed by atoms with Crippen molar-refractivity contribution in [1.29, 1.82) is 0 Å².